The van der Waals surface area contributed by atoms with Crippen molar-refractivity contribution in [2.75, 3.05) is 18.4 Å². The predicted octanol–water partition coefficient (Wildman–Crippen LogP) is 3.75. The molecule has 4 rings (SSSR count). The molecule has 0 bridgehead atoms. The monoisotopic (exact) mass is 367 g/mol. The Bertz CT molecular complexity index is 926. The van der Waals surface area contributed by atoms with Crippen LogP contribution < -0.4 is 5.32 Å². The van der Waals surface area contributed by atoms with E-state index < -0.39 is 0 Å². The molecular weight excluding hydrogens is 346 g/mol. The first-order valence-corrected chi connectivity index (χ1v) is 8.99. The topological polar surface area (TPSA) is 97.3 Å². The van der Waals surface area contributed by atoms with E-state index in [0.717, 1.165) is 29.7 Å². The lowest BCUT2D eigenvalue weighted by Gasteiger charge is -2.30. The molecule has 0 aliphatic carbocycles. The van der Waals surface area contributed by atoms with Gasteiger partial charge in [-0.3, -0.25) is 5.32 Å². The molecule has 1 aliphatic heterocycles. The number of benzene rings is 1. The summed E-state index contributed by atoms with van der Waals surface area (Å²) in [6, 6.07) is 9.53. The molecular formula is C19H21N5O3. The fraction of sp³-hybridized carbons (Fsp3) is 0.368. The average Bonchev–Trinajstić information content (AvgIpc) is 3.32. The molecule has 1 aliphatic rings. The first kappa shape index (κ1) is 17.3. The second kappa shape index (κ2) is 7.22. The fourth-order valence-corrected chi connectivity index (χ4v) is 3.13. The fourth-order valence-electron chi connectivity index (χ4n) is 3.13. The molecule has 8 heteroatoms. The van der Waals surface area contributed by atoms with Crippen LogP contribution in [0.5, 0.6) is 0 Å². The number of urea groups is 1. The molecule has 27 heavy (non-hydrogen) atoms. The first-order valence-electron chi connectivity index (χ1n) is 8.99. The number of nitrogens with one attached hydrogen (secondary N) is 1. The van der Waals surface area contributed by atoms with Crippen LogP contribution in [0.15, 0.2) is 39.3 Å². The van der Waals surface area contributed by atoms with Gasteiger partial charge in [-0.1, -0.05) is 23.4 Å². The molecule has 2 amide bonds. The van der Waals surface area contributed by atoms with Crippen molar-refractivity contribution in [2.24, 2.45) is 0 Å². The summed E-state index contributed by atoms with van der Waals surface area (Å²) in [5, 5.41) is 15.0. The van der Waals surface area contributed by atoms with Gasteiger partial charge >= 0.3 is 6.03 Å². The normalized spacial score (nSPS) is 15.1. The third kappa shape index (κ3) is 3.55. The van der Waals surface area contributed by atoms with Crippen LogP contribution in [-0.4, -0.2) is 39.4 Å². The molecule has 1 saturated heterocycles. The summed E-state index contributed by atoms with van der Waals surface area (Å²) in [6.07, 6.45) is 1.55. The lowest BCUT2D eigenvalue weighted by atomic mass is 9.97. The van der Waals surface area contributed by atoms with Crippen molar-refractivity contribution in [3.8, 4) is 11.5 Å². The van der Waals surface area contributed by atoms with Crippen molar-refractivity contribution >= 4 is 11.9 Å². The van der Waals surface area contributed by atoms with Crippen molar-refractivity contribution in [3.63, 3.8) is 0 Å². The number of hydrogen-bond acceptors (Lipinski definition) is 6. The van der Waals surface area contributed by atoms with E-state index in [4.69, 9.17) is 8.94 Å². The van der Waals surface area contributed by atoms with Crippen LogP contribution in [0.3, 0.4) is 0 Å². The highest BCUT2D eigenvalue weighted by molar-refractivity contribution is 5.88. The minimum absolute atomic E-state index is 0.160. The number of carbonyl (C=O) groups excluding carboxylic acids is 1. The van der Waals surface area contributed by atoms with Crippen molar-refractivity contribution in [1.82, 2.24) is 20.3 Å². The van der Waals surface area contributed by atoms with E-state index in [2.05, 4.69) is 20.7 Å². The molecule has 0 unspecified atom stereocenters. The molecule has 0 saturated carbocycles. The lowest BCUT2D eigenvalue weighted by Crippen LogP contribution is -2.40. The zero-order chi connectivity index (χ0) is 18.8. The molecule has 8 nitrogen and oxygen atoms in total. The number of amides is 2. The van der Waals surface area contributed by atoms with Crippen molar-refractivity contribution in [1.29, 1.82) is 0 Å². The summed E-state index contributed by atoms with van der Waals surface area (Å²) < 4.78 is 11.0. The minimum Gasteiger partial charge on any atom is -0.420 e. The number of aryl methyl sites for hydroxylation is 1. The zero-order valence-electron chi connectivity index (χ0n) is 15.3. The quantitative estimate of drug-likeness (QED) is 0.757. The van der Waals surface area contributed by atoms with E-state index in [1.54, 1.807) is 4.90 Å². The Morgan fingerprint density at radius 3 is 2.56 bits per heavy atom. The van der Waals surface area contributed by atoms with E-state index in [0.29, 0.717) is 30.8 Å². The van der Waals surface area contributed by atoms with Gasteiger partial charge in [-0.15, -0.1) is 10.2 Å². The number of anilines is 1. The van der Waals surface area contributed by atoms with Gasteiger partial charge in [0.25, 0.3) is 0 Å². The van der Waals surface area contributed by atoms with Gasteiger partial charge in [0.15, 0.2) is 0 Å². The highest BCUT2D eigenvalue weighted by Gasteiger charge is 2.28. The third-order valence-electron chi connectivity index (χ3n) is 4.97. The summed E-state index contributed by atoms with van der Waals surface area (Å²) in [5.74, 6) is 1.73. The predicted molar refractivity (Wildman–Crippen MR) is 98.3 cm³/mol. The summed E-state index contributed by atoms with van der Waals surface area (Å²) in [7, 11) is 0. The Labute approximate surface area is 156 Å². The zero-order valence-corrected chi connectivity index (χ0v) is 15.3. The average molecular weight is 367 g/mol. The van der Waals surface area contributed by atoms with Crippen molar-refractivity contribution < 1.29 is 13.7 Å². The maximum Gasteiger partial charge on any atom is 0.324 e. The molecule has 1 fully saturated rings. The Morgan fingerprint density at radius 2 is 1.89 bits per heavy atom. The number of likely N-dealkylation sites (tertiary alicyclic amines) is 1. The lowest BCUT2D eigenvalue weighted by molar-refractivity contribution is 0.189. The second-order valence-corrected chi connectivity index (χ2v) is 6.73. The van der Waals surface area contributed by atoms with E-state index in [9.17, 15) is 4.79 Å². The Hall–Kier alpha value is -3.16. The van der Waals surface area contributed by atoms with Crippen LogP contribution >= 0.6 is 0 Å². The molecule has 3 aromatic rings. The van der Waals surface area contributed by atoms with Gasteiger partial charge in [-0.05, 0) is 38.8 Å². The van der Waals surface area contributed by atoms with Crippen LogP contribution in [0.25, 0.3) is 11.5 Å². The van der Waals surface area contributed by atoms with Crippen molar-refractivity contribution in [3.05, 3.63) is 47.5 Å². The van der Waals surface area contributed by atoms with Gasteiger partial charge in [-0.25, -0.2) is 4.79 Å². The summed E-state index contributed by atoms with van der Waals surface area (Å²) in [4.78, 5) is 14.2. The van der Waals surface area contributed by atoms with Gasteiger partial charge in [-0.2, -0.15) is 0 Å². The van der Waals surface area contributed by atoms with Crippen LogP contribution in [0, 0.1) is 13.8 Å². The third-order valence-corrected chi connectivity index (χ3v) is 4.97. The molecule has 2 aromatic heterocycles. The molecule has 0 radical (unpaired) electrons. The van der Waals surface area contributed by atoms with Crippen LogP contribution in [0.4, 0.5) is 10.7 Å². The molecule has 3 heterocycles. The van der Waals surface area contributed by atoms with Crippen LogP contribution in [0.1, 0.15) is 35.9 Å². The van der Waals surface area contributed by atoms with Crippen molar-refractivity contribution in [2.45, 2.75) is 32.6 Å². The summed E-state index contributed by atoms with van der Waals surface area (Å²) in [5.41, 5.74) is 2.53. The Kier molecular flexibility index (Phi) is 4.62. The van der Waals surface area contributed by atoms with E-state index >= 15 is 0 Å². The molecule has 1 aromatic carbocycles. The number of rotatable bonds is 3. The summed E-state index contributed by atoms with van der Waals surface area (Å²) >= 11 is 0. The molecule has 0 atom stereocenters. The highest BCUT2D eigenvalue weighted by atomic mass is 16.5. The number of nitrogens with zero attached hydrogens (tertiary/aromatic N) is 4. The van der Waals surface area contributed by atoms with Crippen LogP contribution in [0.2, 0.25) is 0 Å². The van der Waals surface area contributed by atoms with Gasteiger partial charge < -0.3 is 13.8 Å². The smallest absolute Gasteiger partial charge is 0.324 e. The maximum absolute atomic E-state index is 12.4. The highest BCUT2D eigenvalue weighted by Crippen LogP contribution is 2.29. The Balaban J connectivity index is 1.36. The van der Waals surface area contributed by atoms with Gasteiger partial charge in [0, 0.05) is 30.1 Å². The number of hydrogen-bond donors (Lipinski definition) is 1. The maximum atomic E-state index is 12.4. The molecule has 140 valence electrons. The number of piperidine rings is 1. The van der Waals surface area contributed by atoms with Crippen LogP contribution in [-0.2, 0) is 0 Å². The molecule has 0 spiro atoms. The minimum atomic E-state index is -0.178. The van der Waals surface area contributed by atoms with E-state index in [1.165, 1.54) is 0 Å². The van der Waals surface area contributed by atoms with E-state index in [1.807, 2.05) is 44.2 Å². The summed E-state index contributed by atoms with van der Waals surface area (Å²) in [6.45, 7) is 4.94. The largest absolute Gasteiger partial charge is 0.420 e. The number of aromatic nitrogens is 3. The first-order chi connectivity index (χ1) is 13.1. The van der Waals surface area contributed by atoms with Gasteiger partial charge in [0.2, 0.25) is 17.7 Å². The SMILES string of the molecule is Cc1noc(NC(=O)N2CCC(c3nnc(-c4ccccc4)o3)CC2)c1C. The van der Waals surface area contributed by atoms with Gasteiger partial charge in [0.1, 0.15) is 0 Å². The van der Waals surface area contributed by atoms with E-state index in [-0.39, 0.29) is 11.9 Å². The second-order valence-electron chi connectivity index (χ2n) is 6.73. The van der Waals surface area contributed by atoms with Gasteiger partial charge in [0.05, 0.1) is 5.69 Å². The number of carbonyl (C=O) groups is 1. The standard InChI is InChI=1S/C19H21N5O3/c1-12-13(2)23-27-16(12)20-19(25)24-10-8-15(9-11-24)18-22-21-17(26-18)14-6-4-3-5-7-14/h3-7,15H,8-11H2,1-2H3,(H,20,25). The molecule has 1 N–H and O–H groups in total. The Morgan fingerprint density at radius 1 is 1.15 bits per heavy atom.